The summed E-state index contributed by atoms with van der Waals surface area (Å²) in [5.74, 6) is 0.865. The first-order valence-corrected chi connectivity index (χ1v) is 7.09. The smallest absolute Gasteiger partial charge is 0.137 e. The first-order chi connectivity index (χ1) is 9.10. The molecule has 0 fully saturated rings. The van der Waals surface area contributed by atoms with Crippen molar-refractivity contribution in [1.29, 1.82) is 0 Å². The molecule has 2 aromatic carbocycles. The second-order valence-corrected chi connectivity index (χ2v) is 5.54. The van der Waals surface area contributed by atoms with E-state index in [1.165, 1.54) is 11.1 Å². The summed E-state index contributed by atoms with van der Waals surface area (Å²) in [6.07, 6.45) is -0.142. The van der Waals surface area contributed by atoms with Crippen molar-refractivity contribution >= 4 is 15.9 Å². The Balaban J connectivity index is 2.26. The summed E-state index contributed by atoms with van der Waals surface area (Å²) in [6.45, 7) is 4.57. The predicted molar refractivity (Wildman–Crippen MR) is 82.5 cm³/mol. The Hall–Kier alpha value is -1.32. The number of ether oxygens (including phenoxy) is 1. The molecular weight excluding hydrogens is 302 g/mol. The topological polar surface area (TPSA) is 35.2 Å². The molecule has 1 atom stereocenters. The van der Waals surface area contributed by atoms with Gasteiger partial charge in [0.25, 0.3) is 0 Å². The second-order valence-electron chi connectivity index (χ2n) is 4.69. The molecule has 0 bridgehead atoms. The van der Waals surface area contributed by atoms with Crippen molar-refractivity contribution in [2.24, 2.45) is 5.73 Å². The molecule has 2 rings (SSSR count). The van der Waals surface area contributed by atoms with Crippen molar-refractivity contribution in [3.63, 3.8) is 0 Å². The van der Waals surface area contributed by atoms with Gasteiger partial charge in [0.2, 0.25) is 0 Å². The van der Waals surface area contributed by atoms with Crippen molar-refractivity contribution in [2.75, 3.05) is 6.54 Å². The van der Waals surface area contributed by atoms with Crippen LogP contribution in [0.1, 0.15) is 22.8 Å². The largest absolute Gasteiger partial charge is 0.484 e. The molecule has 0 spiro atoms. The van der Waals surface area contributed by atoms with Crippen molar-refractivity contribution in [2.45, 2.75) is 20.0 Å². The van der Waals surface area contributed by atoms with Crippen molar-refractivity contribution in [3.05, 3.63) is 63.6 Å². The summed E-state index contributed by atoms with van der Waals surface area (Å²) in [4.78, 5) is 0. The number of nitrogens with two attached hydrogens (primary N) is 1. The highest BCUT2D eigenvalue weighted by Gasteiger charge is 2.14. The van der Waals surface area contributed by atoms with Gasteiger partial charge in [0.05, 0.1) is 0 Å². The monoisotopic (exact) mass is 319 g/mol. The van der Waals surface area contributed by atoms with Crippen molar-refractivity contribution in [3.8, 4) is 5.75 Å². The number of halogens is 1. The summed E-state index contributed by atoms with van der Waals surface area (Å²) in [5.41, 5.74) is 9.31. The van der Waals surface area contributed by atoms with Gasteiger partial charge in [-0.3, -0.25) is 0 Å². The maximum absolute atomic E-state index is 6.04. The summed E-state index contributed by atoms with van der Waals surface area (Å²) in [5, 5.41) is 0. The van der Waals surface area contributed by atoms with Crippen LogP contribution in [0, 0.1) is 13.8 Å². The van der Waals surface area contributed by atoms with Crippen LogP contribution in [0.4, 0.5) is 0 Å². The van der Waals surface area contributed by atoms with Crippen LogP contribution >= 0.6 is 15.9 Å². The molecule has 2 nitrogen and oxygen atoms in total. The van der Waals surface area contributed by atoms with Crippen LogP contribution in [-0.2, 0) is 0 Å². The number of hydrogen-bond acceptors (Lipinski definition) is 2. The fraction of sp³-hybridized carbons (Fsp3) is 0.250. The molecule has 0 aliphatic heterocycles. The van der Waals surface area contributed by atoms with Crippen LogP contribution in [-0.4, -0.2) is 6.54 Å². The number of aryl methyl sites for hydroxylation is 2. The predicted octanol–water partition coefficient (Wildman–Crippen LogP) is 4.14. The van der Waals surface area contributed by atoms with Gasteiger partial charge in [0, 0.05) is 16.6 Å². The lowest BCUT2D eigenvalue weighted by Gasteiger charge is -2.19. The summed E-state index contributed by atoms with van der Waals surface area (Å²) in [7, 11) is 0. The molecule has 0 radical (unpaired) electrons. The molecule has 2 aromatic rings. The van der Waals surface area contributed by atoms with E-state index in [1.807, 2.05) is 36.4 Å². The van der Waals surface area contributed by atoms with E-state index in [9.17, 15) is 0 Å². The molecule has 0 aliphatic rings. The maximum atomic E-state index is 6.04. The molecule has 100 valence electrons. The van der Waals surface area contributed by atoms with E-state index >= 15 is 0 Å². The molecule has 3 heteroatoms. The number of hydrogen-bond donors (Lipinski definition) is 1. The zero-order valence-corrected chi connectivity index (χ0v) is 12.8. The van der Waals surface area contributed by atoms with E-state index < -0.39 is 0 Å². The lowest BCUT2D eigenvalue weighted by Crippen LogP contribution is -2.19. The van der Waals surface area contributed by atoms with E-state index in [4.69, 9.17) is 10.5 Å². The van der Waals surface area contributed by atoms with Crippen molar-refractivity contribution in [1.82, 2.24) is 0 Å². The fourth-order valence-corrected chi connectivity index (χ4v) is 2.68. The van der Waals surface area contributed by atoms with E-state index in [0.717, 1.165) is 15.8 Å². The van der Waals surface area contributed by atoms with Crippen LogP contribution < -0.4 is 10.5 Å². The lowest BCUT2D eigenvalue weighted by atomic mass is 10.1. The molecule has 0 saturated carbocycles. The fourth-order valence-electron chi connectivity index (χ4n) is 2.14. The summed E-state index contributed by atoms with van der Waals surface area (Å²) >= 11 is 3.54. The Bertz CT molecular complexity index is 548. The summed E-state index contributed by atoms with van der Waals surface area (Å²) in [6, 6.07) is 14.2. The molecule has 1 unspecified atom stereocenters. The van der Waals surface area contributed by atoms with Gasteiger partial charge in [-0.25, -0.2) is 0 Å². The average molecular weight is 320 g/mol. The SMILES string of the molecule is Cc1cc(C)cc(OC(CN)c2ccccc2Br)c1. The third kappa shape index (κ3) is 3.58. The van der Waals surface area contributed by atoms with E-state index in [0.29, 0.717) is 6.54 Å². The Morgan fingerprint density at radius 3 is 2.32 bits per heavy atom. The lowest BCUT2D eigenvalue weighted by molar-refractivity contribution is 0.213. The van der Waals surface area contributed by atoms with Gasteiger partial charge in [-0.05, 0) is 43.2 Å². The van der Waals surface area contributed by atoms with Gasteiger partial charge < -0.3 is 10.5 Å². The highest BCUT2D eigenvalue weighted by molar-refractivity contribution is 9.10. The average Bonchev–Trinajstić information content (AvgIpc) is 2.36. The Morgan fingerprint density at radius 2 is 1.74 bits per heavy atom. The molecule has 0 heterocycles. The Kier molecular flexibility index (Phi) is 4.61. The molecule has 0 aromatic heterocycles. The van der Waals surface area contributed by atoms with E-state index in [2.05, 4.69) is 35.8 Å². The normalized spacial score (nSPS) is 12.2. The Labute approximate surface area is 122 Å². The number of benzene rings is 2. The van der Waals surface area contributed by atoms with Crippen LogP contribution in [0.5, 0.6) is 5.75 Å². The highest BCUT2D eigenvalue weighted by atomic mass is 79.9. The molecule has 0 saturated heterocycles. The zero-order valence-electron chi connectivity index (χ0n) is 11.2. The minimum atomic E-state index is -0.142. The van der Waals surface area contributed by atoms with E-state index in [-0.39, 0.29) is 6.10 Å². The minimum Gasteiger partial charge on any atom is -0.484 e. The molecule has 2 N–H and O–H groups in total. The Morgan fingerprint density at radius 1 is 1.11 bits per heavy atom. The van der Waals surface area contributed by atoms with Gasteiger partial charge in [0.15, 0.2) is 0 Å². The third-order valence-electron chi connectivity index (χ3n) is 2.94. The summed E-state index contributed by atoms with van der Waals surface area (Å²) < 4.78 is 7.06. The van der Waals surface area contributed by atoms with Crippen LogP contribution in [0.2, 0.25) is 0 Å². The van der Waals surface area contributed by atoms with Gasteiger partial charge in [-0.15, -0.1) is 0 Å². The second kappa shape index (κ2) is 6.22. The van der Waals surface area contributed by atoms with Crippen molar-refractivity contribution < 1.29 is 4.74 Å². The third-order valence-corrected chi connectivity index (χ3v) is 3.66. The van der Waals surface area contributed by atoms with Crippen LogP contribution in [0.15, 0.2) is 46.9 Å². The van der Waals surface area contributed by atoms with Gasteiger partial charge in [-0.2, -0.15) is 0 Å². The zero-order chi connectivity index (χ0) is 13.8. The quantitative estimate of drug-likeness (QED) is 0.919. The first-order valence-electron chi connectivity index (χ1n) is 6.29. The van der Waals surface area contributed by atoms with Crippen LogP contribution in [0.3, 0.4) is 0 Å². The molecule has 19 heavy (non-hydrogen) atoms. The highest BCUT2D eigenvalue weighted by Crippen LogP contribution is 2.28. The van der Waals surface area contributed by atoms with E-state index in [1.54, 1.807) is 0 Å². The minimum absolute atomic E-state index is 0.142. The number of rotatable bonds is 4. The standard InChI is InChI=1S/C16H18BrNO/c1-11-7-12(2)9-13(8-11)19-16(10-18)14-5-3-4-6-15(14)17/h3-9,16H,10,18H2,1-2H3. The molecular formula is C16H18BrNO. The van der Waals surface area contributed by atoms with Gasteiger partial charge in [-0.1, -0.05) is 40.2 Å². The molecule has 0 aliphatic carbocycles. The maximum Gasteiger partial charge on any atom is 0.137 e. The van der Waals surface area contributed by atoms with Gasteiger partial charge >= 0.3 is 0 Å². The van der Waals surface area contributed by atoms with Crippen LogP contribution in [0.25, 0.3) is 0 Å². The first kappa shape index (κ1) is 14.1. The molecule has 0 amide bonds. The van der Waals surface area contributed by atoms with Gasteiger partial charge in [0.1, 0.15) is 11.9 Å².